The van der Waals surface area contributed by atoms with Crippen molar-refractivity contribution in [2.75, 3.05) is 0 Å². The van der Waals surface area contributed by atoms with Crippen molar-refractivity contribution < 1.29 is 4.42 Å². The van der Waals surface area contributed by atoms with Gasteiger partial charge in [0.15, 0.2) is 17.5 Å². The predicted octanol–water partition coefficient (Wildman–Crippen LogP) is 18.5. The van der Waals surface area contributed by atoms with Crippen LogP contribution < -0.4 is 0 Å². The lowest BCUT2D eigenvalue weighted by Crippen LogP contribution is -2.03. The van der Waals surface area contributed by atoms with Crippen LogP contribution in [0.4, 0.5) is 0 Å². The van der Waals surface area contributed by atoms with Crippen LogP contribution in [-0.2, 0) is 0 Å². The van der Waals surface area contributed by atoms with E-state index in [0.717, 1.165) is 82.5 Å². The fraction of sp³-hybridized carbons (Fsp3) is 0. The van der Waals surface area contributed by atoms with Crippen LogP contribution >= 0.6 is 0 Å². The molecule has 0 saturated heterocycles. The summed E-state index contributed by atoms with van der Waals surface area (Å²) in [5, 5.41) is 18.5. The molecule has 13 aromatic carbocycles. The Balaban J connectivity index is 1.01. The summed E-state index contributed by atoms with van der Waals surface area (Å²) in [6, 6.07) is 87.2. The van der Waals surface area contributed by atoms with Gasteiger partial charge >= 0.3 is 0 Å². The third-order valence-corrected chi connectivity index (χ3v) is 15.4. The topological polar surface area (TPSA) is 56.7 Å². The molecule has 3 aromatic heterocycles. The Kier molecular flexibility index (Phi) is 8.68. The molecule has 16 aromatic rings. The van der Waals surface area contributed by atoms with Gasteiger partial charge in [-0.15, -0.1) is 0 Å². The van der Waals surface area contributed by atoms with Crippen molar-refractivity contribution in [3.05, 3.63) is 243 Å². The average Bonchev–Trinajstić information content (AvgIpc) is 4.01. The molecule has 5 nitrogen and oxygen atoms in total. The van der Waals surface area contributed by atoms with Gasteiger partial charge in [0.25, 0.3) is 0 Å². The van der Waals surface area contributed by atoms with Crippen molar-refractivity contribution in [3.8, 4) is 51.0 Å². The van der Waals surface area contributed by atoms with E-state index in [1.165, 1.54) is 59.4 Å². The number of para-hydroxylation sites is 1. The third-order valence-electron chi connectivity index (χ3n) is 15.4. The van der Waals surface area contributed by atoms with Gasteiger partial charge in [0, 0.05) is 49.3 Å². The van der Waals surface area contributed by atoms with Gasteiger partial charge in [0.2, 0.25) is 0 Å². The molecule has 0 radical (unpaired) electrons. The van der Waals surface area contributed by atoms with Crippen LogP contribution in [0.15, 0.2) is 247 Å². The molecule has 0 N–H and O–H groups in total. The lowest BCUT2D eigenvalue weighted by molar-refractivity contribution is 0.669. The number of hydrogen-bond donors (Lipinski definition) is 0. The van der Waals surface area contributed by atoms with Crippen molar-refractivity contribution >= 4 is 108 Å². The molecule has 0 aliphatic carbocycles. The van der Waals surface area contributed by atoms with Crippen molar-refractivity contribution in [2.24, 2.45) is 0 Å². The molecule has 0 aliphatic heterocycles. The number of rotatable bonds is 5. The summed E-state index contributed by atoms with van der Waals surface area (Å²) >= 11 is 0. The second kappa shape index (κ2) is 15.8. The standard InChI is InChI=1S/C69H40N4O/c1-2-17-45-39-63-61(37-44(45)16-1)56-34-29-43-15-5-8-20-50(43)66(56)73(63)47-31-35-59(60(40-47)46-30-36-65-62(38-46)55-21-9-10-26-64(55)74-65)69-71-67(57-24-11-22-51-48-18-6-3-13-41(48)27-32-53(51)57)70-68(72-69)58-25-12-23-52-49-19-7-4-14-42(49)28-33-54(52)58/h1-40H. The molecule has 3 heterocycles. The van der Waals surface area contributed by atoms with Crippen molar-refractivity contribution in [2.45, 2.75) is 0 Å². The van der Waals surface area contributed by atoms with Crippen LogP contribution in [-0.4, -0.2) is 19.5 Å². The molecule has 0 fully saturated rings. The van der Waals surface area contributed by atoms with E-state index in [2.05, 4.69) is 235 Å². The van der Waals surface area contributed by atoms with Gasteiger partial charge in [-0.3, -0.25) is 0 Å². The monoisotopic (exact) mass is 940 g/mol. The summed E-state index contributed by atoms with van der Waals surface area (Å²) in [5.74, 6) is 1.80. The Morgan fingerprint density at radius 3 is 1.45 bits per heavy atom. The predicted molar refractivity (Wildman–Crippen MR) is 308 cm³/mol. The second-order valence-corrected chi connectivity index (χ2v) is 19.5. The summed E-state index contributed by atoms with van der Waals surface area (Å²) in [4.78, 5) is 16.6. The van der Waals surface area contributed by atoms with Gasteiger partial charge in [-0.1, -0.05) is 194 Å². The maximum atomic E-state index is 6.43. The van der Waals surface area contributed by atoms with Gasteiger partial charge in [0.1, 0.15) is 11.2 Å². The Morgan fingerprint density at radius 1 is 0.270 bits per heavy atom. The van der Waals surface area contributed by atoms with Gasteiger partial charge in [-0.25, -0.2) is 15.0 Å². The highest BCUT2D eigenvalue weighted by molar-refractivity contribution is 6.21. The minimum absolute atomic E-state index is 0.581. The van der Waals surface area contributed by atoms with Gasteiger partial charge in [-0.2, -0.15) is 0 Å². The molecule has 74 heavy (non-hydrogen) atoms. The molecule has 16 rings (SSSR count). The van der Waals surface area contributed by atoms with E-state index in [-0.39, 0.29) is 0 Å². The Labute approximate surface area is 423 Å². The lowest BCUT2D eigenvalue weighted by Gasteiger charge is -2.17. The zero-order chi connectivity index (χ0) is 48.4. The summed E-state index contributed by atoms with van der Waals surface area (Å²) < 4.78 is 8.89. The van der Waals surface area contributed by atoms with E-state index >= 15 is 0 Å². The third kappa shape index (κ3) is 6.14. The molecule has 0 amide bonds. The number of benzene rings is 13. The van der Waals surface area contributed by atoms with E-state index < -0.39 is 0 Å². The normalized spacial score (nSPS) is 12.1. The van der Waals surface area contributed by atoms with E-state index in [9.17, 15) is 0 Å². The van der Waals surface area contributed by atoms with Crippen molar-refractivity contribution in [1.29, 1.82) is 0 Å². The molecular weight excluding hydrogens is 901 g/mol. The van der Waals surface area contributed by atoms with Crippen molar-refractivity contribution in [3.63, 3.8) is 0 Å². The van der Waals surface area contributed by atoms with Crippen LogP contribution in [0.25, 0.3) is 159 Å². The van der Waals surface area contributed by atoms with Gasteiger partial charge in [0.05, 0.1) is 11.0 Å². The quantitative estimate of drug-likeness (QED) is 0.161. The van der Waals surface area contributed by atoms with Crippen LogP contribution in [0.1, 0.15) is 0 Å². The Hall–Kier alpha value is -9.97. The summed E-state index contributed by atoms with van der Waals surface area (Å²) in [7, 11) is 0. The highest BCUT2D eigenvalue weighted by atomic mass is 16.3. The fourth-order valence-corrected chi connectivity index (χ4v) is 11.9. The fourth-order valence-electron chi connectivity index (χ4n) is 11.9. The van der Waals surface area contributed by atoms with Crippen LogP contribution in [0.5, 0.6) is 0 Å². The largest absolute Gasteiger partial charge is 0.456 e. The number of furan rings is 1. The zero-order valence-corrected chi connectivity index (χ0v) is 39.8. The minimum atomic E-state index is 0.581. The van der Waals surface area contributed by atoms with Crippen LogP contribution in [0.2, 0.25) is 0 Å². The number of nitrogens with zero attached hydrogens (tertiary/aromatic N) is 4. The summed E-state index contributed by atoms with van der Waals surface area (Å²) in [6.07, 6.45) is 0. The molecular formula is C69H40N4O. The Morgan fingerprint density at radius 2 is 0.784 bits per heavy atom. The maximum Gasteiger partial charge on any atom is 0.164 e. The van der Waals surface area contributed by atoms with E-state index in [4.69, 9.17) is 19.4 Å². The molecule has 0 unspecified atom stereocenters. The Bertz CT molecular complexity index is 4910. The summed E-state index contributed by atoms with van der Waals surface area (Å²) in [5.41, 5.74) is 9.82. The highest BCUT2D eigenvalue weighted by Gasteiger charge is 2.23. The lowest BCUT2D eigenvalue weighted by atomic mass is 9.95. The SMILES string of the molecule is c1ccc2cc3c(cc2c1)c1ccc2ccccc2c1n3-c1ccc(-c2nc(-c3cccc4c3ccc3ccccc34)nc(-c3cccc4c3ccc3ccccc34)n2)c(-c2ccc3oc4ccccc4c3c2)c1. The molecule has 0 spiro atoms. The van der Waals surface area contributed by atoms with E-state index in [1.54, 1.807) is 0 Å². The van der Waals surface area contributed by atoms with Crippen molar-refractivity contribution in [1.82, 2.24) is 19.5 Å². The molecule has 0 atom stereocenters. The number of hydrogen-bond acceptors (Lipinski definition) is 4. The second-order valence-electron chi connectivity index (χ2n) is 19.5. The first kappa shape index (κ1) is 40.7. The van der Waals surface area contributed by atoms with Gasteiger partial charge in [-0.05, 0) is 119 Å². The molecule has 0 aliphatic rings. The number of fused-ring (bicyclic) bond motifs is 15. The molecule has 5 heteroatoms. The summed E-state index contributed by atoms with van der Waals surface area (Å²) in [6.45, 7) is 0. The van der Waals surface area contributed by atoms with Crippen LogP contribution in [0.3, 0.4) is 0 Å². The first-order valence-electron chi connectivity index (χ1n) is 25.2. The minimum Gasteiger partial charge on any atom is -0.456 e. The van der Waals surface area contributed by atoms with Crippen LogP contribution in [0, 0.1) is 0 Å². The first-order chi connectivity index (χ1) is 36.7. The number of aromatic nitrogens is 4. The average molecular weight is 941 g/mol. The smallest absolute Gasteiger partial charge is 0.164 e. The first-order valence-corrected chi connectivity index (χ1v) is 25.2. The van der Waals surface area contributed by atoms with Gasteiger partial charge < -0.3 is 8.98 Å². The zero-order valence-electron chi connectivity index (χ0n) is 39.8. The van der Waals surface area contributed by atoms with E-state index in [0.29, 0.717) is 17.5 Å². The highest BCUT2D eigenvalue weighted by Crippen LogP contribution is 2.44. The van der Waals surface area contributed by atoms with E-state index in [1.807, 2.05) is 12.1 Å². The molecule has 0 bridgehead atoms. The molecule has 0 saturated carbocycles. The maximum absolute atomic E-state index is 6.43. The molecule has 342 valence electrons.